The Morgan fingerprint density at radius 2 is 1.91 bits per heavy atom. The molecule has 2 unspecified atom stereocenters. The van der Waals surface area contributed by atoms with Crippen LogP contribution in [0.25, 0.3) is 0 Å². The second-order valence-corrected chi connectivity index (χ2v) is 15.0. The molecule has 240 valence electrons. The number of benzene rings is 3. The Morgan fingerprint density at radius 1 is 1.16 bits per heavy atom. The van der Waals surface area contributed by atoms with Crippen LogP contribution in [-0.4, -0.2) is 54.2 Å². The van der Waals surface area contributed by atoms with Crippen molar-refractivity contribution in [3.8, 4) is 11.5 Å². The Labute approximate surface area is 275 Å². The molecule has 45 heavy (non-hydrogen) atoms. The highest BCUT2D eigenvalue weighted by atomic mass is 35.5. The van der Waals surface area contributed by atoms with Gasteiger partial charge in [0.1, 0.15) is 35.1 Å². The molecule has 8 nitrogen and oxygen atoms in total. The number of hydrogen-bond acceptors (Lipinski definition) is 6. The Balaban J connectivity index is 1.61. The molecule has 2 heterocycles. The summed E-state index contributed by atoms with van der Waals surface area (Å²) in [6.45, 7) is 6.40. The lowest BCUT2D eigenvalue weighted by atomic mass is 9.62. The smallest absolute Gasteiger partial charge is 0.242 e. The van der Waals surface area contributed by atoms with Crippen LogP contribution in [0.1, 0.15) is 44.2 Å². The van der Waals surface area contributed by atoms with Crippen LogP contribution in [-0.2, 0) is 26.2 Å². The predicted octanol–water partition coefficient (Wildman–Crippen LogP) is 6.29. The van der Waals surface area contributed by atoms with E-state index in [0.717, 1.165) is 0 Å². The van der Waals surface area contributed by atoms with Gasteiger partial charge in [0, 0.05) is 28.7 Å². The van der Waals surface area contributed by atoms with Gasteiger partial charge < -0.3 is 30.0 Å². The average molecular weight is 677 g/mol. The number of carbonyl (C=O) groups is 2. The van der Waals surface area contributed by atoms with Crippen molar-refractivity contribution < 1.29 is 28.0 Å². The van der Waals surface area contributed by atoms with Crippen LogP contribution in [0.15, 0.2) is 54.6 Å². The summed E-state index contributed by atoms with van der Waals surface area (Å²) in [6, 6.07) is 13.1. The molecule has 0 bridgehead atoms. The van der Waals surface area contributed by atoms with Crippen LogP contribution < -0.4 is 25.4 Å². The Morgan fingerprint density at radius 3 is 2.60 bits per heavy atom. The first-order chi connectivity index (χ1) is 21.3. The summed E-state index contributed by atoms with van der Waals surface area (Å²) in [5.41, 5.74) is 0.0102. The Bertz CT molecular complexity index is 1620. The first-order valence-corrected chi connectivity index (χ1v) is 17.0. The highest BCUT2D eigenvalue weighted by Crippen LogP contribution is 2.57. The van der Waals surface area contributed by atoms with Crippen molar-refractivity contribution in [1.82, 2.24) is 5.32 Å². The molecule has 1 fully saturated rings. The fourth-order valence-electron chi connectivity index (χ4n) is 6.50. The van der Waals surface area contributed by atoms with Gasteiger partial charge in [0.05, 0.1) is 30.1 Å². The van der Waals surface area contributed by atoms with Gasteiger partial charge in [-0.1, -0.05) is 73.3 Å². The topological polar surface area (TPSA) is 112 Å². The van der Waals surface area contributed by atoms with Gasteiger partial charge in [-0.2, -0.15) is 0 Å². The van der Waals surface area contributed by atoms with Crippen molar-refractivity contribution in [1.29, 1.82) is 0 Å². The van der Waals surface area contributed by atoms with Crippen LogP contribution in [0.3, 0.4) is 0 Å². The third-order valence-corrected chi connectivity index (χ3v) is 9.56. The molecule has 5 rings (SSSR count). The number of hydrogen-bond donors (Lipinski definition) is 3. The molecule has 2 amide bonds. The summed E-state index contributed by atoms with van der Waals surface area (Å²) >= 11 is 11.6. The molecule has 3 N–H and O–H groups in total. The minimum Gasteiger partial charge on any atom is -0.616 e. The van der Waals surface area contributed by atoms with E-state index in [0.29, 0.717) is 45.6 Å². The third-order valence-electron chi connectivity index (χ3n) is 8.29. The molecule has 0 aliphatic carbocycles. The van der Waals surface area contributed by atoms with Crippen LogP contribution >= 0.6 is 23.2 Å². The SMILES string of the molecule is COc1cc(OCC[S+](C)[O-])ccc1NC(=O)[C@@H]1N[C@@H](CC(C)(C)C)C2(C(=O)Nc3cc(Cl)ccc32)[C@@H]1c1cccc(Cl)c1F. The summed E-state index contributed by atoms with van der Waals surface area (Å²) < 4.78 is 38.7. The number of methoxy groups -OCH3 is 1. The summed E-state index contributed by atoms with van der Waals surface area (Å²) in [6.07, 6.45) is 2.09. The van der Waals surface area contributed by atoms with E-state index in [1.54, 1.807) is 54.8 Å². The maximum Gasteiger partial charge on any atom is 0.242 e. The molecule has 3 aromatic rings. The van der Waals surface area contributed by atoms with Gasteiger partial charge in [0.15, 0.2) is 0 Å². The Hall–Kier alpha value is -3.02. The molecule has 12 heteroatoms. The molecule has 1 saturated heterocycles. The number of fused-ring (bicyclic) bond motifs is 2. The monoisotopic (exact) mass is 675 g/mol. The van der Waals surface area contributed by atoms with Gasteiger partial charge >= 0.3 is 0 Å². The normalized spacial score (nSPS) is 23.0. The standard InChI is InChI=1S/C33H36Cl2FN3O5S/c1-32(2,3)17-26-33(21-11-9-18(34)15-24(21)38-31(33)41)27(20-7-6-8-22(35)28(20)36)29(39-26)30(40)37-23-12-10-19(16-25(23)43-4)44-13-14-45(5)42/h6-12,15-16,26-27,29,39H,13-14,17H2,1-5H3,(H,37,40)(H,38,41)/t26-,27+,29+,33?,45?/m0/s1. The molecule has 2 aliphatic heterocycles. The minimum absolute atomic E-state index is 0.111. The predicted molar refractivity (Wildman–Crippen MR) is 177 cm³/mol. The second kappa shape index (κ2) is 13.0. The lowest BCUT2D eigenvalue weighted by Gasteiger charge is -2.37. The zero-order chi connectivity index (χ0) is 32.7. The molecule has 0 saturated carbocycles. The van der Waals surface area contributed by atoms with Crippen molar-refractivity contribution >= 4 is 57.6 Å². The van der Waals surface area contributed by atoms with Gasteiger partial charge in [-0.3, -0.25) is 9.59 Å². The van der Waals surface area contributed by atoms with Crippen molar-refractivity contribution in [3.05, 3.63) is 81.6 Å². The van der Waals surface area contributed by atoms with Crippen LogP contribution in [0.4, 0.5) is 15.8 Å². The number of halogens is 3. The molecule has 0 radical (unpaired) electrons. The van der Waals surface area contributed by atoms with E-state index in [9.17, 15) is 14.1 Å². The van der Waals surface area contributed by atoms with Gasteiger partial charge in [-0.25, -0.2) is 4.39 Å². The largest absolute Gasteiger partial charge is 0.616 e. The minimum atomic E-state index is -1.37. The number of anilines is 2. The zero-order valence-corrected chi connectivity index (χ0v) is 28.0. The summed E-state index contributed by atoms with van der Waals surface area (Å²) in [4.78, 5) is 28.6. The average Bonchev–Trinajstić information content (AvgIpc) is 3.44. The fourth-order valence-corrected chi connectivity index (χ4v) is 7.18. The zero-order valence-electron chi connectivity index (χ0n) is 25.6. The summed E-state index contributed by atoms with van der Waals surface area (Å²) in [7, 11) is 1.47. The van der Waals surface area contributed by atoms with Gasteiger partial charge in [0.2, 0.25) is 11.8 Å². The third kappa shape index (κ3) is 6.49. The van der Waals surface area contributed by atoms with Crippen LogP contribution in [0.2, 0.25) is 10.0 Å². The number of nitrogens with one attached hydrogen (secondary N) is 3. The van der Waals surface area contributed by atoms with Crippen molar-refractivity contribution in [2.75, 3.05) is 36.4 Å². The van der Waals surface area contributed by atoms with E-state index in [2.05, 4.69) is 16.0 Å². The number of amides is 2. The quantitative estimate of drug-likeness (QED) is 0.230. The lowest BCUT2D eigenvalue weighted by molar-refractivity contribution is -0.122. The van der Waals surface area contributed by atoms with Crippen LogP contribution in [0.5, 0.6) is 11.5 Å². The number of rotatable bonds is 9. The van der Waals surface area contributed by atoms with E-state index in [1.165, 1.54) is 13.2 Å². The van der Waals surface area contributed by atoms with Crippen molar-refractivity contribution in [2.24, 2.45) is 5.41 Å². The molecule has 0 aromatic heterocycles. The van der Waals surface area contributed by atoms with E-state index in [4.69, 9.17) is 32.7 Å². The highest BCUT2D eigenvalue weighted by Gasteiger charge is 2.66. The van der Waals surface area contributed by atoms with E-state index < -0.39 is 46.3 Å². The maximum atomic E-state index is 16.0. The first-order valence-electron chi connectivity index (χ1n) is 14.5. The van der Waals surface area contributed by atoms with Gasteiger partial charge in [0.25, 0.3) is 0 Å². The highest BCUT2D eigenvalue weighted by molar-refractivity contribution is 7.90. The summed E-state index contributed by atoms with van der Waals surface area (Å²) in [5.74, 6) is -1.34. The van der Waals surface area contributed by atoms with Crippen molar-refractivity contribution in [2.45, 2.75) is 50.6 Å². The lowest BCUT2D eigenvalue weighted by Crippen LogP contribution is -2.49. The molecule has 1 spiro atoms. The van der Waals surface area contributed by atoms with E-state index >= 15 is 4.39 Å². The van der Waals surface area contributed by atoms with Gasteiger partial charge in [-0.05, 0) is 53.3 Å². The fraction of sp³-hybridized carbons (Fsp3) is 0.394. The first kappa shape index (κ1) is 33.3. The molecular weight excluding hydrogens is 640 g/mol. The number of carbonyl (C=O) groups excluding carboxylic acids is 2. The van der Waals surface area contributed by atoms with Crippen LogP contribution in [0, 0.1) is 11.2 Å². The number of ether oxygens (including phenoxy) is 2. The van der Waals surface area contributed by atoms with E-state index in [-0.39, 0.29) is 28.5 Å². The van der Waals surface area contributed by atoms with Crippen molar-refractivity contribution in [3.63, 3.8) is 0 Å². The molecular formula is C33H36Cl2FN3O5S. The van der Waals surface area contributed by atoms with Gasteiger partial charge in [-0.15, -0.1) is 0 Å². The molecule has 2 aliphatic rings. The molecule has 5 atom stereocenters. The maximum absolute atomic E-state index is 16.0. The second-order valence-electron chi connectivity index (χ2n) is 12.6. The summed E-state index contributed by atoms with van der Waals surface area (Å²) in [5, 5.41) is 9.70. The Kier molecular flexibility index (Phi) is 9.63. The van der Waals surface area contributed by atoms with E-state index in [1.807, 2.05) is 20.8 Å². The molecule has 3 aromatic carbocycles.